The average molecular weight is 567 g/mol. The summed E-state index contributed by atoms with van der Waals surface area (Å²) in [4.78, 5) is 34.0. The number of halogens is 2. The van der Waals surface area contributed by atoms with E-state index >= 15 is 4.39 Å². The number of aryl methyl sites for hydroxylation is 1. The maximum Gasteiger partial charge on any atom is 0.413 e. The first-order valence-electron chi connectivity index (χ1n) is 11.9. The minimum atomic E-state index is -0.992. The van der Waals surface area contributed by atoms with Crippen LogP contribution in [0.1, 0.15) is 60.4 Å². The zero-order chi connectivity index (χ0) is 29.2. The molecule has 10 nitrogen and oxygen atoms in total. The number of carbonyl (C=O) groups is 2. The van der Waals surface area contributed by atoms with Crippen LogP contribution in [0.5, 0.6) is 5.75 Å². The molecule has 1 N–H and O–H groups in total. The first kappa shape index (κ1) is 28.3. The van der Waals surface area contributed by atoms with Crippen molar-refractivity contribution in [3.05, 3.63) is 75.5 Å². The first-order valence-corrected chi connectivity index (χ1v) is 12.8. The second-order valence-electron chi connectivity index (χ2n) is 9.60. The Morgan fingerprint density at radius 2 is 1.95 bits per heavy atom. The van der Waals surface area contributed by atoms with Gasteiger partial charge >= 0.3 is 6.09 Å². The van der Waals surface area contributed by atoms with Gasteiger partial charge in [-0.3, -0.25) is 14.8 Å². The van der Waals surface area contributed by atoms with Gasteiger partial charge in [0.2, 0.25) is 5.78 Å². The number of rotatable bonds is 7. The SMILES string of the molecule is C[C@@H](Oc1cccnc1NC(=O)OC(C)(C)C)c1cc(F)cc(F)c1-c1ncsc1C(=O)c1cc(C#N)n(C)n1. The number of aromatic nitrogens is 4. The van der Waals surface area contributed by atoms with Gasteiger partial charge in [-0.2, -0.15) is 10.4 Å². The number of hydrogen-bond donors (Lipinski definition) is 1. The lowest BCUT2D eigenvalue weighted by molar-refractivity contribution is 0.0634. The molecule has 0 aliphatic carbocycles. The van der Waals surface area contributed by atoms with Gasteiger partial charge in [0.15, 0.2) is 11.6 Å². The van der Waals surface area contributed by atoms with Crippen molar-refractivity contribution in [3.63, 3.8) is 0 Å². The van der Waals surface area contributed by atoms with Gasteiger partial charge in [0, 0.05) is 36.5 Å². The number of nitriles is 1. The summed E-state index contributed by atoms with van der Waals surface area (Å²) in [6, 6.07) is 8.11. The van der Waals surface area contributed by atoms with Crippen LogP contribution in [0.2, 0.25) is 0 Å². The minimum Gasteiger partial charge on any atom is -0.482 e. The van der Waals surface area contributed by atoms with E-state index in [1.54, 1.807) is 33.8 Å². The third-order valence-corrected chi connectivity index (χ3v) is 6.28. The second kappa shape index (κ2) is 11.2. The summed E-state index contributed by atoms with van der Waals surface area (Å²) in [5, 5.41) is 15.8. The smallest absolute Gasteiger partial charge is 0.413 e. The van der Waals surface area contributed by atoms with Gasteiger partial charge in [0.1, 0.15) is 45.7 Å². The van der Waals surface area contributed by atoms with Crippen LogP contribution in [0.3, 0.4) is 0 Å². The van der Waals surface area contributed by atoms with Gasteiger partial charge in [0.25, 0.3) is 0 Å². The molecule has 13 heteroatoms. The fourth-order valence-corrected chi connectivity index (χ4v) is 4.52. The highest BCUT2D eigenvalue weighted by molar-refractivity contribution is 7.12. The van der Waals surface area contributed by atoms with Crippen molar-refractivity contribution in [3.8, 4) is 23.1 Å². The molecule has 0 aliphatic rings. The summed E-state index contributed by atoms with van der Waals surface area (Å²) < 4.78 is 42.3. The molecule has 4 aromatic rings. The summed E-state index contributed by atoms with van der Waals surface area (Å²) in [5.41, 5.74) is 0.640. The first-order chi connectivity index (χ1) is 18.9. The molecule has 0 unspecified atom stereocenters. The van der Waals surface area contributed by atoms with E-state index in [0.29, 0.717) is 6.07 Å². The molecule has 0 radical (unpaired) electrons. The molecular weight excluding hydrogens is 542 g/mol. The quantitative estimate of drug-likeness (QED) is 0.277. The monoisotopic (exact) mass is 566 g/mol. The number of nitrogens with one attached hydrogen (secondary N) is 1. The highest BCUT2D eigenvalue weighted by Crippen LogP contribution is 2.38. The molecule has 0 aliphatic heterocycles. The van der Waals surface area contributed by atoms with Crippen LogP contribution in [-0.4, -0.2) is 37.2 Å². The van der Waals surface area contributed by atoms with Crippen LogP contribution in [-0.2, 0) is 11.8 Å². The standard InChI is InChI=1S/C27H24F2N6O4S/c1-14(38-20-7-6-8-31-25(20)33-26(37)39-27(2,3)4)17-9-15(28)10-18(29)21(17)22-24(40-13-32-22)23(36)19-11-16(12-30)35(5)34-19/h6-11,13-14H,1-5H3,(H,31,33,37)/t14-/m1/s1. The van der Waals surface area contributed by atoms with Gasteiger partial charge in [-0.1, -0.05) is 0 Å². The average Bonchev–Trinajstić information content (AvgIpc) is 3.49. The van der Waals surface area contributed by atoms with Crippen LogP contribution in [0.25, 0.3) is 11.3 Å². The summed E-state index contributed by atoms with van der Waals surface area (Å²) in [7, 11) is 1.52. The van der Waals surface area contributed by atoms with E-state index in [4.69, 9.17) is 9.47 Å². The molecule has 1 amide bonds. The van der Waals surface area contributed by atoms with Gasteiger partial charge in [-0.15, -0.1) is 11.3 Å². The molecule has 1 aromatic carbocycles. The molecule has 0 fully saturated rings. The Bertz CT molecular complexity index is 1640. The van der Waals surface area contributed by atoms with Crippen molar-refractivity contribution in [1.82, 2.24) is 19.7 Å². The van der Waals surface area contributed by atoms with Crippen molar-refractivity contribution in [2.75, 3.05) is 5.32 Å². The maximum absolute atomic E-state index is 15.4. The number of nitrogens with zero attached hydrogens (tertiary/aromatic N) is 5. The molecule has 206 valence electrons. The van der Waals surface area contributed by atoms with Crippen LogP contribution >= 0.6 is 11.3 Å². The summed E-state index contributed by atoms with van der Waals surface area (Å²) in [6.45, 7) is 6.67. The maximum atomic E-state index is 15.4. The van der Waals surface area contributed by atoms with E-state index in [2.05, 4.69) is 20.4 Å². The van der Waals surface area contributed by atoms with Crippen molar-refractivity contribution in [2.24, 2.45) is 7.05 Å². The molecule has 4 rings (SSSR count). The van der Waals surface area contributed by atoms with Crippen LogP contribution in [0.15, 0.2) is 42.0 Å². The molecule has 40 heavy (non-hydrogen) atoms. The van der Waals surface area contributed by atoms with Crippen LogP contribution in [0.4, 0.5) is 19.4 Å². The number of pyridine rings is 1. The molecule has 3 heterocycles. The van der Waals surface area contributed by atoms with E-state index in [1.807, 2.05) is 6.07 Å². The predicted octanol–water partition coefficient (Wildman–Crippen LogP) is 5.81. The van der Waals surface area contributed by atoms with Gasteiger partial charge in [0.05, 0.1) is 11.2 Å². The number of hydrogen-bond acceptors (Lipinski definition) is 9. The number of thiazole rings is 1. The summed E-state index contributed by atoms with van der Waals surface area (Å²) in [6.07, 6.45) is -0.325. The Balaban J connectivity index is 1.70. The number of ether oxygens (including phenoxy) is 2. The minimum absolute atomic E-state index is 0.0221. The Morgan fingerprint density at radius 1 is 1.20 bits per heavy atom. The third kappa shape index (κ3) is 6.13. The Morgan fingerprint density at radius 3 is 2.62 bits per heavy atom. The lowest BCUT2D eigenvalue weighted by Crippen LogP contribution is -2.27. The number of anilines is 1. The Hall–Kier alpha value is -4.70. The normalized spacial score (nSPS) is 11.9. The van der Waals surface area contributed by atoms with E-state index in [0.717, 1.165) is 17.4 Å². The molecule has 0 bridgehead atoms. The Labute approximate surface area is 232 Å². The van der Waals surface area contributed by atoms with Crippen LogP contribution < -0.4 is 10.1 Å². The number of carbonyl (C=O) groups excluding carboxylic acids is 2. The highest BCUT2D eigenvalue weighted by atomic mass is 32.1. The van der Waals surface area contributed by atoms with Crippen molar-refractivity contribution >= 4 is 29.0 Å². The van der Waals surface area contributed by atoms with E-state index in [-0.39, 0.29) is 44.7 Å². The topological polar surface area (TPSA) is 132 Å². The third-order valence-electron chi connectivity index (χ3n) is 5.45. The van der Waals surface area contributed by atoms with Gasteiger partial charge < -0.3 is 9.47 Å². The number of ketones is 1. The second-order valence-corrected chi connectivity index (χ2v) is 10.5. The van der Waals surface area contributed by atoms with Gasteiger partial charge in [-0.25, -0.2) is 23.5 Å². The summed E-state index contributed by atoms with van der Waals surface area (Å²) >= 11 is 0.956. The number of benzene rings is 1. The molecule has 1 atom stereocenters. The molecule has 0 spiro atoms. The highest BCUT2D eigenvalue weighted by Gasteiger charge is 2.28. The predicted molar refractivity (Wildman–Crippen MR) is 142 cm³/mol. The Kier molecular flexibility index (Phi) is 7.92. The van der Waals surface area contributed by atoms with E-state index in [1.165, 1.54) is 35.6 Å². The van der Waals surface area contributed by atoms with Crippen molar-refractivity contribution < 1.29 is 27.8 Å². The molecule has 3 aromatic heterocycles. The fraction of sp³-hybridized carbons (Fsp3) is 0.259. The van der Waals surface area contributed by atoms with E-state index < -0.39 is 35.2 Å². The van der Waals surface area contributed by atoms with Gasteiger partial charge in [-0.05, 0) is 45.9 Å². The lowest BCUT2D eigenvalue weighted by Gasteiger charge is -2.22. The lowest BCUT2D eigenvalue weighted by atomic mass is 9.97. The fourth-order valence-electron chi connectivity index (χ4n) is 3.78. The largest absolute Gasteiger partial charge is 0.482 e. The zero-order valence-electron chi connectivity index (χ0n) is 22.2. The van der Waals surface area contributed by atoms with Crippen molar-refractivity contribution in [1.29, 1.82) is 5.26 Å². The summed E-state index contributed by atoms with van der Waals surface area (Å²) in [5.74, 6) is -2.24. The van der Waals surface area contributed by atoms with Crippen LogP contribution in [0, 0.1) is 23.0 Å². The van der Waals surface area contributed by atoms with Crippen molar-refractivity contribution in [2.45, 2.75) is 39.4 Å². The molecular formula is C27H24F2N6O4S. The molecule has 0 saturated heterocycles. The van der Waals surface area contributed by atoms with E-state index in [9.17, 15) is 19.2 Å². The number of amides is 1. The zero-order valence-corrected chi connectivity index (χ0v) is 23.0. The molecule has 0 saturated carbocycles.